The van der Waals surface area contributed by atoms with Crippen molar-refractivity contribution in [3.8, 4) is 34.4 Å². The highest BCUT2D eigenvalue weighted by molar-refractivity contribution is 5.76. The van der Waals surface area contributed by atoms with Crippen LogP contribution in [-0.2, 0) is 11.2 Å². The molecule has 1 aliphatic heterocycles. The lowest BCUT2D eigenvalue weighted by molar-refractivity contribution is -0.137. The van der Waals surface area contributed by atoms with E-state index >= 15 is 0 Å². The maximum Gasteiger partial charge on any atom is 0.303 e. The average Bonchev–Trinajstić information content (AvgIpc) is 3.19. The molecular weight excluding hydrogens is 308 g/mol. The Morgan fingerprint density at radius 3 is 2.78 bits per heavy atom. The van der Waals surface area contributed by atoms with Gasteiger partial charge in [0.2, 0.25) is 30.0 Å². The fourth-order valence-electron chi connectivity index (χ4n) is 2.23. The third-order valence-electron chi connectivity index (χ3n) is 3.24. The summed E-state index contributed by atoms with van der Waals surface area (Å²) in [5.74, 6) is 1.21. The number of rotatable bonds is 6. The van der Waals surface area contributed by atoms with Crippen LogP contribution in [0, 0.1) is 0 Å². The van der Waals surface area contributed by atoms with E-state index in [1.54, 1.807) is 6.07 Å². The number of carboxylic acids is 1. The molecule has 0 saturated heterocycles. The lowest BCUT2D eigenvalue weighted by Crippen LogP contribution is -1.98. The van der Waals surface area contributed by atoms with Gasteiger partial charge in [0, 0.05) is 6.42 Å². The van der Waals surface area contributed by atoms with Crippen LogP contribution in [0.3, 0.4) is 0 Å². The van der Waals surface area contributed by atoms with Crippen molar-refractivity contribution in [2.75, 3.05) is 21.0 Å². The van der Waals surface area contributed by atoms with Gasteiger partial charge in [0.05, 0.1) is 26.2 Å². The topological polar surface area (TPSA) is 113 Å². The van der Waals surface area contributed by atoms with E-state index in [2.05, 4.69) is 10.1 Å². The van der Waals surface area contributed by atoms with Gasteiger partial charge in [-0.3, -0.25) is 4.79 Å². The number of benzene rings is 1. The van der Waals surface area contributed by atoms with Crippen LogP contribution in [-0.4, -0.2) is 42.2 Å². The molecule has 0 fully saturated rings. The smallest absolute Gasteiger partial charge is 0.303 e. The van der Waals surface area contributed by atoms with E-state index in [1.807, 2.05) is 0 Å². The van der Waals surface area contributed by atoms with Crippen molar-refractivity contribution in [2.24, 2.45) is 0 Å². The fraction of sp³-hybridized carbons (Fsp3) is 0.357. The van der Waals surface area contributed by atoms with Gasteiger partial charge in [0.25, 0.3) is 0 Å². The van der Waals surface area contributed by atoms with Crippen molar-refractivity contribution in [1.82, 2.24) is 10.1 Å². The van der Waals surface area contributed by atoms with Crippen molar-refractivity contribution >= 4 is 5.97 Å². The number of hydrogen-bond donors (Lipinski definition) is 1. The van der Waals surface area contributed by atoms with E-state index in [1.165, 1.54) is 14.2 Å². The summed E-state index contributed by atoms with van der Waals surface area (Å²) >= 11 is 0. The molecule has 0 amide bonds. The number of fused-ring (bicyclic) bond motifs is 1. The van der Waals surface area contributed by atoms with E-state index in [4.69, 9.17) is 28.6 Å². The molecular formula is C14H14N2O7. The Morgan fingerprint density at radius 1 is 1.30 bits per heavy atom. The summed E-state index contributed by atoms with van der Waals surface area (Å²) in [4.78, 5) is 14.8. The van der Waals surface area contributed by atoms with Crippen molar-refractivity contribution in [3.05, 3.63) is 12.0 Å². The zero-order valence-electron chi connectivity index (χ0n) is 12.5. The fourth-order valence-corrected chi connectivity index (χ4v) is 2.23. The molecule has 2 aromatic rings. The predicted octanol–water partition coefficient (Wildman–Crippen LogP) is 1.50. The van der Waals surface area contributed by atoms with E-state index in [9.17, 15) is 4.79 Å². The Labute approximate surface area is 130 Å². The molecule has 1 aromatic heterocycles. The molecule has 1 aromatic carbocycles. The molecule has 2 heterocycles. The first kappa shape index (κ1) is 14.9. The van der Waals surface area contributed by atoms with Gasteiger partial charge < -0.3 is 28.6 Å². The lowest BCUT2D eigenvalue weighted by atomic mass is 10.1. The van der Waals surface area contributed by atoms with E-state index in [0.29, 0.717) is 28.6 Å². The Hall–Kier alpha value is -2.97. The molecule has 0 radical (unpaired) electrons. The molecule has 0 bridgehead atoms. The van der Waals surface area contributed by atoms with Crippen LogP contribution in [0.15, 0.2) is 10.6 Å². The minimum absolute atomic E-state index is 0.0778. The summed E-state index contributed by atoms with van der Waals surface area (Å²) in [7, 11) is 2.97. The van der Waals surface area contributed by atoms with E-state index in [-0.39, 0.29) is 31.3 Å². The number of aryl methyl sites for hydroxylation is 1. The Kier molecular flexibility index (Phi) is 3.92. The van der Waals surface area contributed by atoms with Gasteiger partial charge >= 0.3 is 5.97 Å². The number of aliphatic carboxylic acids is 1. The van der Waals surface area contributed by atoms with Gasteiger partial charge in [-0.15, -0.1) is 0 Å². The van der Waals surface area contributed by atoms with Crippen LogP contribution < -0.4 is 18.9 Å². The summed E-state index contributed by atoms with van der Waals surface area (Å²) in [5, 5.41) is 12.6. The van der Waals surface area contributed by atoms with Crippen LogP contribution >= 0.6 is 0 Å². The van der Waals surface area contributed by atoms with Crippen molar-refractivity contribution in [1.29, 1.82) is 0 Å². The number of carbonyl (C=O) groups is 1. The third kappa shape index (κ3) is 2.72. The average molecular weight is 322 g/mol. The Balaban J connectivity index is 2.01. The van der Waals surface area contributed by atoms with Crippen LogP contribution in [0.2, 0.25) is 0 Å². The number of carboxylic acid groups (broad SMARTS) is 1. The molecule has 0 unspecified atom stereocenters. The monoisotopic (exact) mass is 322 g/mol. The maximum absolute atomic E-state index is 10.6. The standard InChI is InChI=1S/C14H14N2O7/c1-19-11-7(5-8-12(13(11)20-2)22-6-21-8)14-15-9(23-16-14)3-4-10(17)18/h5H,3-4,6H2,1-2H3,(H,17,18). The number of hydrogen-bond acceptors (Lipinski definition) is 8. The molecule has 9 heteroatoms. The van der Waals surface area contributed by atoms with Crippen LogP contribution in [0.4, 0.5) is 0 Å². The van der Waals surface area contributed by atoms with E-state index in [0.717, 1.165) is 0 Å². The molecule has 0 aliphatic carbocycles. The van der Waals surface area contributed by atoms with Gasteiger partial charge in [0.15, 0.2) is 11.5 Å². The van der Waals surface area contributed by atoms with Crippen LogP contribution in [0.5, 0.6) is 23.0 Å². The highest BCUT2D eigenvalue weighted by Gasteiger charge is 2.28. The minimum Gasteiger partial charge on any atom is -0.492 e. The first-order valence-corrected chi connectivity index (χ1v) is 6.73. The van der Waals surface area contributed by atoms with Crippen LogP contribution in [0.1, 0.15) is 12.3 Å². The number of ether oxygens (including phenoxy) is 4. The lowest BCUT2D eigenvalue weighted by Gasteiger charge is -2.12. The normalized spacial score (nSPS) is 12.3. The molecule has 0 spiro atoms. The van der Waals surface area contributed by atoms with Gasteiger partial charge in [-0.25, -0.2) is 0 Å². The summed E-state index contributed by atoms with van der Waals surface area (Å²) in [5.41, 5.74) is 0.499. The van der Waals surface area contributed by atoms with Gasteiger partial charge in [0.1, 0.15) is 0 Å². The number of methoxy groups -OCH3 is 2. The maximum atomic E-state index is 10.6. The first-order chi connectivity index (χ1) is 11.1. The van der Waals surface area contributed by atoms with Gasteiger partial charge in [-0.05, 0) is 6.07 Å². The second-order valence-electron chi connectivity index (χ2n) is 4.63. The quantitative estimate of drug-likeness (QED) is 0.845. The SMILES string of the molecule is COc1c(-c2noc(CCC(=O)O)n2)cc2c(c1OC)OCO2. The second-order valence-corrected chi connectivity index (χ2v) is 4.63. The number of aromatic nitrogens is 2. The largest absolute Gasteiger partial charge is 0.492 e. The molecule has 122 valence electrons. The highest BCUT2D eigenvalue weighted by Crippen LogP contribution is 2.51. The molecule has 0 atom stereocenters. The molecule has 1 aliphatic rings. The summed E-state index contributed by atoms with van der Waals surface area (Å²) in [6.45, 7) is 0.0778. The van der Waals surface area contributed by atoms with Crippen LogP contribution in [0.25, 0.3) is 11.4 Å². The summed E-state index contributed by atoms with van der Waals surface area (Å²) in [6.07, 6.45) is 0.0512. The molecule has 3 rings (SSSR count). The van der Waals surface area contributed by atoms with Gasteiger partial charge in [-0.1, -0.05) is 5.16 Å². The Bertz CT molecular complexity index is 741. The molecule has 9 nitrogen and oxygen atoms in total. The van der Waals surface area contributed by atoms with Crippen molar-refractivity contribution in [3.63, 3.8) is 0 Å². The molecule has 1 N–H and O–H groups in total. The highest BCUT2D eigenvalue weighted by atomic mass is 16.7. The first-order valence-electron chi connectivity index (χ1n) is 6.73. The zero-order valence-corrected chi connectivity index (χ0v) is 12.5. The minimum atomic E-state index is -0.938. The molecule has 23 heavy (non-hydrogen) atoms. The number of nitrogens with zero attached hydrogens (tertiary/aromatic N) is 2. The Morgan fingerprint density at radius 2 is 2.09 bits per heavy atom. The zero-order chi connectivity index (χ0) is 16.4. The van der Waals surface area contributed by atoms with Gasteiger partial charge in [-0.2, -0.15) is 4.98 Å². The predicted molar refractivity (Wildman–Crippen MR) is 74.9 cm³/mol. The van der Waals surface area contributed by atoms with Crippen molar-refractivity contribution in [2.45, 2.75) is 12.8 Å². The molecule has 0 saturated carbocycles. The third-order valence-corrected chi connectivity index (χ3v) is 3.24. The van der Waals surface area contributed by atoms with E-state index < -0.39 is 5.97 Å². The van der Waals surface area contributed by atoms with Crippen molar-refractivity contribution < 1.29 is 33.4 Å². The summed E-state index contributed by atoms with van der Waals surface area (Å²) in [6, 6.07) is 1.66. The summed E-state index contributed by atoms with van der Waals surface area (Å²) < 4.78 is 26.5. The second kappa shape index (κ2) is 6.03.